The molecule has 1 aromatic heterocycles. The summed E-state index contributed by atoms with van der Waals surface area (Å²) in [6, 6.07) is 11.0. The van der Waals surface area contributed by atoms with E-state index >= 15 is 0 Å². The molecule has 0 N–H and O–H groups in total. The first-order chi connectivity index (χ1) is 14.2. The molecule has 0 atom stereocenters. The van der Waals surface area contributed by atoms with E-state index in [-0.39, 0.29) is 23.6 Å². The number of ether oxygens (including phenoxy) is 2. The van der Waals surface area contributed by atoms with Gasteiger partial charge in [-0.3, -0.25) is 9.59 Å². The summed E-state index contributed by atoms with van der Waals surface area (Å²) in [7, 11) is -1.92. The second-order valence-corrected chi connectivity index (χ2v) is 9.35. The number of esters is 1. The maximum Gasteiger partial charge on any atom is 0.326 e. The molecule has 8 nitrogen and oxygen atoms in total. The van der Waals surface area contributed by atoms with Gasteiger partial charge in [-0.25, -0.2) is 8.42 Å². The van der Waals surface area contributed by atoms with Crippen LogP contribution in [-0.4, -0.2) is 44.8 Å². The number of thiazole rings is 1. The predicted octanol–water partition coefficient (Wildman–Crippen LogP) is 2.42. The predicted molar refractivity (Wildman–Crippen MR) is 112 cm³/mol. The van der Waals surface area contributed by atoms with Crippen molar-refractivity contribution in [3.8, 4) is 5.75 Å². The fraction of sp³-hybridized carbons (Fsp3) is 0.250. The Bertz CT molecular complexity index is 1290. The van der Waals surface area contributed by atoms with Gasteiger partial charge in [0, 0.05) is 11.8 Å². The van der Waals surface area contributed by atoms with Gasteiger partial charge in [-0.05, 0) is 43.3 Å². The van der Waals surface area contributed by atoms with Gasteiger partial charge in [0.15, 0.2) is 14.6 Å². The summed E-state index contributed by atoms with van der Waals surface area (Å²) in [5.41, 5.74) is 0.834. The van der Waals surface area contributed by atoms with Crippen molar-refractivity contribution in [3.63, 3.8) is 0 Å². The first-order valence-corrected chi connectivity index (χ1v) is 11.7. The van der Waals surface area contributed by atoms with Gasteiger partial charge in [0.2, 0.25) is 0 Å². The molecule has 0 saturated heterocycles. The number of methoxy groups -OCH3 is 1. The number of rotatable bonds is 6. The van der Waals surface area contributed by atoms with Crippen LogP contribution in [-0.2, 0) is 25.9 Å². The number of carbonyl (C=O) groups excluding carboxylic acids is 2. The van der Waals surface area contributed by atoms with Crippen LogP contribution in [0.25, 0.3) is 10.2 Å². The van der Waals surface area contributed by atoms with Crippen LogP contribution in [0, 0.1) is 0 Å². The smallest absolute Gasteiger partial charge is 0.326 e. The first-order valence-electron chi connectivity index (χ1n) is 8.95. The van der Waals surface area contributed by atoms with Gasteiger partial charge in [0.05, 0.1) is 28.8 Å². The standard InChI is InChI=1S/C20H20N2O6S2/c1-4-28-18(23)12-22-16-9-8-14(27-2)11-17(16)29-20(22)21-19(24)13-6-5-7-15(10-13)30(3,25)26/h5-11H,4,12H2,1-3H3. The average Bonchev–Trinajstić information content (AvgIpc) is 3.03. The zero-order valence-electron chi connectivity index (χ0n) is 16.6. The number of carbonyl (C=O) groups is 2. The molecule has 0 aliphatic heterocycles. The third-order valence-electron chi connectivity index (χ3n) is 4.19. The molecular formula is C20H20N2O6S2. The SMILES string of the molecule is CCOC(=O)Cn1c(=NC(=O)c2cccc(S(C)(=O)=O)c2)sc2cc(OC)ccc21. The van der Waals surface area contributed by atoms with E-state index in [1.54, 1.807) is 36.8 Å². The van der Waals surface area contributed by atoms with E-state index in [4.69, 9.17) is 9.47 Å². The Balaban J connectivity index is 2.12. The molecule has 0 aliphatic carbocycles. The van der Waals surface area contributed by atoms with E-state index < -0.39 is 21.7 Å². The first kappa shape index (κ1) is 21.7. The molecule has 30 heavy (non-hydrogen) atoms. The van der Waals surface area contributed by atoms with E-state index in [2.05, 4.69) is 4.99 Å². The summed E-state index contributed by atoms with van der Waals surface area (Å²) < 4.78 is 36.2. The maximum absolute atomic E-state index is 12.7. The highest BCUT2D eigenvalue weighted by atomic mass is 32.2. The van der Waals surface area contributed by atoms with Gasteiger partial charge < -0.3 is 14.0 Å². The van der Waals surface area contributed by atoms with Crippen LogP contribution in [0.5, 0.6) is 5.75 Å². The summed E-state index contributed by atoms with van der Waals surface area (Å²) in [5, 5.41) is 0. The van der Waals surface area contributed by atoms with Crippen molar-refractivity contribution in [3.05, 3.63) is 52.8 Å². The van der Waals surface area contributed by atoms with Gasteiger partial charge >= 0.3 is 5.97 Å². The molecule has 0 bridgehead atoms. The largest absolute Gasteiger partial charge is 0.497 e. The quantitative estimate of drug-likeness (QED) is 0.537. The van der Waals surface area contributed by atoms with Crippen LogP contribution in [0.1, 0.15) is 17.3 Å². The lowest BCUT2D eigenvalue weighted by Gasteiger charge is -2.06. The van der Waals surface area contributed by atoms with Crippen molar-refractivity contribution in [2.24, 2.45) is 4.99 Å². The Morgan fingerprint density at radius 3 is 2.60 bits per heavy atom. The summed E-state index contributed by atoms with van der Waals surface area (Å²) in [4.78, 5) is 29.3. The summed E-state index contributed by atoms with van der Waals surface area (Å²) in [6.45, 7) is 1.83. The molecule has 0 spiro atoms. The van der Waals surface area contributed by atoms with E-state index in [0.29, 0.717) is 16.1 Å². The minimum atomic E-state index is -3.46. The molecule has 0 radical (unpaired) electrons. The summed E-state index contributed by atoms with van der Waals surface area (Å²) in [5.74, 6) is -0.441. The Labute approximate surface area is 177 Å². The molecule has 1 amide bonds. The third-order valence-corrected chi connectivity index (χ3v) is 6.34. The van der Waals surface area contributed by atoms with E-state index in [9.17, 15) is 18.0 Å². The molecular weight excluding hydrogens is 428 g/mol. The van der Waals surface area contributed by atoms with Crippen LogP contribution >= 0.6 is 11.3 Å². The Morgan fingerprint density at radius 2 is 1.93 bits per heavy atom. The molecule has 3 aromatic rings. The number of benzene rings is 2. The van der Waals surface area contributed by atoms with E-state index in [1.807, 2.05) is 0 Å². The number of hydrogen-bond donors (Lipinski definition) is 0. The Morgan fingerprint density at radius 1 is 1.17 bits per heavy atom. The minimum Gasteiger partial charge on any atom is -0.497 e. The highest BCUT2D eigenvalue weighted by molar-refractivity contribution is 7.90. The summed E-state index contributed by atoms with van der Waals surface area (Å²) >= 11 is 1.22. The molecule has 2 aromatic carbocycles. The number of fused-ring (bicyclic) bond motifs is 1. The Kier molecular flexibility index (Phi) is 6.37. The highest BCUT2D eigenvalue weighted by Crippen LogP contribution is 2.23. The van der Waals surface area contributed by atoms with Gasteiger partial charge in [-0.2, -0.15) is 4.99 Å². The van der Waals surface area contributed by atoms with Crippen LogP contribution in [0.3, 0.4) is 0 Å². The normalized spacial score (nSPS) is 12.2. The maximum atomic E-state index is 12.7. The van der Waals surface area contributed by atoms with Crippen LogP contribution in [0.15, 0.2) is 52.4 Å². The van der Waals surface area contributed by atoms with Crippen LogP contribution in [0.4, 0.5) is 0 Å². The summed E-state index contributed by atoms with van der Waals surface area (Å²) in [6.07, 6.45) is 1.07. The highest BCUT2D eigenvalue weighted by Gasteiger charge is 2.15. The van der Waals surface area contributed by atoms with Gasteiger partial charge in [-0.15, -0.1) is 0 Å². The zero-order valence-corrected chi connectivity index (χ0v) is 18.2. The van der Waals surface area contributed by atoms with Crippen molar-refractivity contribution in [1.29, 1.82) is 0 Å². The lowest BCUT2D eigenvalue weighted by molar-refractivity contribution is -0.143. The molecule has 1 heterocycles. The van der Waals surface area contributed by atoms with Gasteiger partial charge in [0.25, 0.3) is 5.91 Å². The fourth-order valence-electron chi connectivity index (χ4n) is 2.77. The zero-order chi connectivity index (χ0) is 21.9. The molecule has 0 unspecified atom stereocenters. The number of nitrogens with zero attached hydrogens (tertiary/aromatic N) is 2. The van der Waals surface area contributed by atoms with Crippen molar-refractivity contribution in [2.75, 3.05) is 20.0 Å². The van der Waals surface area contributed by atoms with Gasteiger partial charge in [-0.1, -0.05) is 17.4 Å². The molecule has 3 rings (SSSR count). The van der Waals surface area contributed by atoms with Crippen molar-refractivity contribution in [2.45, 2.75) is 18.4 Å². The molecule has 158 valence electrons. The topological polar surface area (TPSA) is 104 Å². The lowest BCUT2D eigenvalue weighted by atomic mass is 10.2. The minimum absolute atomic E-state index is 0.0315. The lowest BCUT2D eigenvalue weighted by Crippen LogP contribution is -2.23. The number of hydrogen-bond acceptors (Lipinski definition) is 7. The fourth-order valence-corrected chi connectivity index (χ4v) is 4.49. The number of amides is 1. The number of sulfone groups is 1. The molecule has 10 heteroatoms. The van der Waals surface area contributed by atoms with Crippen molar-refractivity contribution in [1.82, 2.24) is 4.57 Å². The van der Waals surface area contributed by atoms with E-state index in [0.717, 1.165) is 11.0 Å². The van der Waals surface area contributed by atoms with E-state index in [1.165, 1.54) is 35.6 Å². The second kappa shape index (κ2) is 8.80. The number of aromatic nitrogens is 1. The molecule has 0 saturated carbocycles. The van der Waals surface area contributed by atoms with Crippen LogP contribution in [0.2, 0.25) is 0 Å². The average molecular weight is 449 g/mol. The third kappa shape index (κ3) is 4.77. The molecule has 0 aliphatic rings. The second-order valence-electron chi connectivity index (χ2n) is 6.33. The van der Waals surface area contributed by atoms with Gasteiger partial charge in [0.1, 0.15) is 12.3 Å². The van der Waals surface area contributed by atoms with Crippen molar-refractivity contribution >= 4 is 43.3 Å². The monoisotopic (exact) mass is 448 g/mol. The molecule has 0 fully saturated rings. The Hall–Kier alpha value is -2.98. The van der Waals surface area contributed by atoms with Crippen molar-refractivity contribution < 1.29 is 27.5 Å². The van der Waals surface area contributed by atoms with Crippen LogP contribution < -0.4 is 9.54 Å².